The molecule has 1 aliphatic carbocycles. The van der Waals surface area contributed by atoms with Crippen LogP contribution in [0.1, 0.15) is 25.8 Å². The van der Waals surface area contributed by atoms with E-state index in [9.17, 15) is 0 Å². The van der Waals surface area contributed by atoms with Crippen LogP contribution in [0.4, 0.5) is 11.4 Å². The number of fused-ring (bicyclic) bond motifs is 3. The van der Waals surface area contributed by atoms with Crippen LogP contribution in [0.25, 0.3) is 66.6 Å². The summed E-state index contributed by atoms with van der Waals surface area (Å²) >= 11 is 0. The Morgan fingerprint density at radius 2 is 1.50 bits per heavy atom. The van der Waals surface area contributed by atoms with E-state index < -0.39 is 0 Å². The first-order valence-corrected chi connectivity index (χ1v) is 21.7. The van der Waals surface area contributed by atoms with Crippen molar-refractivity contribution in [3.05, 3.63) is 236 Å². The average molecular weight is 825 g/mol. The molecule has 64 heavy (non-hydrogen) atoms. The molecule has 2 aromatic heterocycles. The van der Waals surface area contributed by atoms with Gasteiger partial charge in [0.05, 0.1) is 16.7 Å². The van der Waals surface area contributed by atoms with Crippen LogP contribution in [0, 0.1) is 18.3 Å². The summed E-state index contributed by atoms with van der Waals surface area (Å²) in [5.41, 5.74) is 16.8. The van der Waals surface area contributed by atoms with E-state index in [1.807, 2.05) is 36.5 Å². The van der Waals surface area contributed by atoms with Crippen LogP contribution in [0.2, 0.25) is 0 Å². The van der Waals surface area contributed by atoms with E-state index in [0.717, 1.165) is 73.7 Å². The molecule has 0 fully saturated rings. The Morgan fingerprint density at radius 3 is 2.16 bits per heavy atom. The maximum Gasteiger partial charge on any atom is 0.0701 e. The topological polar surface area (TPSA) is 33.4 Å². The second-order valence-corrected chi connectivity index (χ2v) is 15.8. The Bertz CT molecular complexity index is 3190. The third kappa shape index (κ3) is 8.23. The van der Waals surface area contributed by atoms with E-state index in [1.165, 1.54) is 27.5 Å². The highest BCUT2D eigenvalue weighted by Crippen LogP contribution is 2.44. The summed E-state index contributed by atoms with van der Waals surface area (Å²) < 4.78 is 2.42. The van der Waals surface area contributed by atoms with E-state index in [4.69, 9.17) is 6.42 Å². The van der Waals surface area contributed by atoms with Crippen molar-refractivity contribution in [3.8, 4) is 51.5 Å². The second kappa shape index (κ2) is 18.8. The summed E-state index contributed by atoms with van der Waals surface area (Å²) in [7, 11) is 0. The molecule has 0 radical (unpaired) electrons. The number of benzene rings is 6. The highest BCUT2D eigenvalue weighted by atomic mass is 15.1. The molecule has 6 aromatic carbocycles. The molecule has 0 aliphatic heterocycles. The molecule has 8 aromatic rings. The first-order valence-electron chi connectivity index (χ1n) is 21.7. The summed E-state index contributed by atoms with van der Waals surface area (Å²) in [5.74, 6) is 2.89. The predicted molar refractivity (Wildman–Crippen MR) is 273 cm³/mol. The zero-order chi connectivity index (χ0) is 43.8. The molecule has 0 saturated heterocycles. The molecule has 0 amide bonds. The standard InChI is InChI=1S/C60H48N4/c1-5-7-10-17-43(3)54-36-37-55(47-18-11-8-12-19-47)59-56-42-49(29-38-58(56)64(60(54)59)50-20-13-9-14-21-50)46-25-32-52(33-26-46)63(51-30-23-45(24-31-51)44(6-2)39-41-61-4)53-34-27-48(28-35-53)57-22-15-16-40-62-57/h1,6-23,25-42,45H,4,24H2,2-3H3/b10-7-,41-39-,43-17+,44-6+. The van der Waals surface area contributed by atoms with Gasteiger partial charge in [0.2, 0.25) is 0 Å². The fourth-order valence-electron chi connectivity index (χ4n) is 8.85. The number of para-hydroxylation sites is 1. The quantitative estimate of drug-likeness (QED) is 0.0698. The van der Waals surface area contributed by atoms with Crippen LogP contribution in [0.3, 0.4) is 0 Å². The van der Waals surface area contributed by atoms with E-state index in [0.29, 0.717) is 0 Å². The normalized spacial score (nSPS) is 14.3. The fourth-order valence-corrected chi connectivity index (χ4v) is 8.85. The minimum atomic E-state index is 0.258. The van der Waals surface area contributed by atoms with Crippen molar-refractivity contribution in [1.82, 2.24) is 9.55 Å². The average Bonchev–Trinajstić information content (AvgIpc) is 3.70. The number of nitrogens with zero attached hydrogens (tertiary/aromatic N) is 4. The van der Waals surface area contributed by atoms with Gasteiger partial charge in [0.1, 0.15) is 0 Å². The number of aliphatic imine (C=N–C) groups is 1. The number of terminal acetylenes is 1. The zero-order valence-electron chi connectivity index (χ0n) is 36.1. The number of pyridine rings is 1. The van der Waals surface area contributed by atoms with Crippen molar-refractivity contribution in [2.24, 2.45) is 10.9 Å². The highest BCUT2D eigenvalue weighted by molar-refractivity contribution is 6.19. The number of hydrogen-bond donors (Lipinski definition) is 0. The van der Waals surface area contributed by atoms with E-state index in [2.05, 4.69) is 216 Å². The van der Waals surface area contributed by atoms with Gasteiger partial charge in [-0.1, -0.05) is 133 Å². The van der Waals surface area contributed by atoms with Gasteiger partial charge < -0.3 is 9.47 Å². The number of anilines is 2. The molecule has 308 valence electrons. The van der Waals surface area contributed by atoms with Gasteiger partial charge in [-0.2, -0.15) is 0 Å². The van der Waals surface area contributed by atoms with Gasteiger partial charge in [-0.15, -0.1) is 6.42 Å². The van der Waals surface area contributed by atoms with E-state index >= 15 is 0 Å². The Labute approximate surface area is 376 Å². The summed E-state index contributed by atoms with van der Waals surface area (Å²) in [5, 5.41) is 2.40. The molecular formula is C60H48N4. The summed E-state index contributed by atoms with van der Waals surface area (Å²) in [6, 6.07) is 56.5. The monoisotopic (exact) mass is 824 g/mol. The Kier molecular flexibility index (Phi) is 12.1. The molecule has 0 N–H and O–H groups in total. The van der Waals surface area contributed by atoms with E-state index in [-0.39, 0.29) is 5.92 Å². The van der Waals surface area contributed by atoms with Gasteiger partial charge in [0.15, 0.2) is 0 Å². The number of hydrogen-bond acceptors (Lipinski definition) is 3. The summed E-state index contributed by atoms with van der Waals surface area (Å²) in [4.78, 5) is 10.9. The van der Waals surface area contributed by atoms with Crippen molar-refractivity contribution in [2.45, 2.75) is 20.3 Å². The maximum atomic E-state index is 5.59. The van der Waals surface area contributed by atoms with Crippen molar-refractivity contribution in [2.75, 3.05) is 4.90 Å². The smallest absolute Gasteiger partial charge is 0.0701 e. The molecule has 9 rings (SSSR count). The maximum absolute atomic E-state index is 5.59. The summed E-state index contributed by atoms with van der Waals surface area (Å²) in [6.07, 6.45) is 26.9. The van der Waals surface area contributed by atoms with Crippen LogP contribution in [-0.4, -0.2) is 16.3 Å². The van der Waals surface area contributed by atoms with Gasteiger partial charge in [-0.3, -0.25) is 9.98 Å². The molecule has 4 heteroatoms. The van der Waals surface area contributed by atoms with Gasteiger partial charge in [0.25, 0.3) is 0 Å². The molecule has 1 aliphatic rings. The first-order chi connectivity index (χ1) is 31.6. The van der Waals surface area contributed by atoms with Crippen molar-refractivity contribution in [3.63, 3.8) is 0 Å². The van der Waals surface area contributed by atoms with E-state index in [1.54, 1.807) is 12.3 Å². The third-order valence-corrected chi connectivity index (χ3v) is 12.0. The molecule has 1 unspecified atom stereocenters. The lowest BCUT2D eigenvalue weighted by Crippen LogP contribution is -2.17. The SMILES string of the molecule is C#C/C=C\C=C(/C)c1ccc(-c2ccccc2)c2c3cc(-c4ccc(N(C5=CCC(C(/C=C\N=C)=C/C)C=C5)c5ccc(-c6ccccn6)cc5)cc4)ccc3n(-c3ccccc3)c12. The Balaban J connectivity index is 1.17. The van der Waals surface area contributed by atoms with Crippen LogP contribution in [0.5, 0.6) is 0 Å². The number of rotatable bonds is 12. The molecule has 1 atom stereocenters. The summed E-state index contributed by atoms with van der Waals surface area (Å²) in [6.45, 7) is 7.86. The van der Waals surface area contributed by atoms with Gasteiger partial charge >= 0.3 is 0 Å². The lowest BCUT2D eigenvalue weighted by molar-refractivity contribution is 0.774. The van der Waals surface area contributed by atoms with Crippen molar-refractivity contribution < 1.29 is 0 Å². The zero-order valence-corrected chi connectivity index (χ0v) is 36.1. The van der Waals surface area contributed by atoms with Crippen LogP contribution in [-0.2, 0) is 0 Å². The fraction of sp³-hybridized carbons (Fsp3) is 0.0667. The molecule has 4 nitrogen and oxygen atoms in total. The molecule has 0 saturated carbocycles. The Hall–Kier alpha value is -8.26. The third-order valence-electron chi connectivity index (χ3n) is 12.0. The second-order valence-electron chi connectivity index (χ2n) is 15.8. The van der Waals surface area contributed by atoms with Crippen LogP contribution >= 0.6 is 0 Å². The molecule has 2 heterocycles. The number of aromatic nitrogens is 2. The van der Waals surface area contributed by atoms with Gasteiger partial charge in [-0.05, 0) is 139 Å². The lowest BCUT2D eigenvalue weighted by atomic mass is 9.90. The minimum Gasteiger partial charge on any atom is -0.311 e. The van der Waals surface area contributed by atoms with Crippen LogP contribution in [0.15, 0.2) is 235 Å². The minimum absolute atomic E-state index is 0.258. The largest absolute Gasteiger partial charge is 0.311 e. The van der Waals surface area contributed by atoms with Gasteiger partial charge in [-0.25, -0.2) is 0 Å². The van der Waals surface area contributed by atoms with Gasteiger partial charge in [0, 0.05) is 63.0 Å². The van der Waals surface area contributed by atoms with Crippen molar-refractivity contribution >= 4 is 45.5 Å². The predicted octanol–water partition coefficient (Wildman–Crippen LogP) is 15.5. The molecular weight excluding hydrogens is 777 g/mol. The first kappa shape index (κ1) is 41.1. The lowest BCUT2D eigenvalue weighted by Gasteiger charge is -2.29. The highest BCUT2D eigenvalue weighted by Gasteiger charge is 2.22. The molecule has 0 spiro atoms. The molecule has 0 bridgehead atoms. The van der Waals surface area contributed by atoms with Crippen LogP contribution < -0.4 is 4.90 Å². The number of allylic oxidation sites excluding steroid dienone is 10. The van der Waals surface area contributed by atoms with Crippen molar-refractivity contribution in [1.29, 1.82) is 0 Å². The Morgan fingerprint density at radius 1 is 0.797 bits per heavy atom.